The van der Waals surface area contributed by atoms with Crippen LogP contribution in [0, 0.1) is 11.7 Å². The van der Waals surface area contributed by atoms with Gasteiger partial charge in [0.05, 0.1) is 34.4 Å². The molecule has 1 heterocycles. The van der Waals surface area contributed by atoms with Gasteiger partial charge in [0.2, 0.25) is 5.75 Å². The third-order valence-corrected chi connectivity index (χ3v) is 7.01. The van der Waals surface area contributed by atoms with Gasteiger partial charge in [0.15, 0.2) is 23.1 Å². The largest absolute Gasteiger partial charge is 0.493 e. The summed E-state index contributed by atoms with van der Waals surface area (Å²) in [5.41, 5.74) is 7.84. The summed E-state index contributed by atoms with van der Waals surface area (Å²) in [5, 5.41) is 0.490. The average Bonchev–Trinajstić information content (AvgIpc) is 3.44. The molecule has 1 aliphatic carbocycles. The molecular formula is C31H35FN2O7. The van der Waals surface area contributed by atoms with Crippen LogP contribution in [-0.4, -0.2) is 56.1 Å². The zero-order valence-electron chi connectivity index (χ0n) is 23.9. The lowest BCUT2D eigenvalue weighted by Gasteiger charge is -2.15. The Balaban J connectivity index is 1.73. The molecule has 1 unspecified atom stereocenters. The van der Waals surface area contributed by atoms with E-state index in [4.69, 9.17) is 24.7 Å². The second-order valence-corrected chi connectivity index (χ2v) is 10.3. The number of rotatable bonds is 12. The molecule has 9 nitrogen and oxygen atoms in total. The van der Waals surface area contributed by atoms with Crippen molar-refractivity contribution in [2.24, 2.45) is 11.7 Å². The Bertz CT molecular complexity index is 1500. The van der Waals surface area contributed by atoms with Crippen molar-refractivity contribution < 1.29 is 37.7 Å². The van der Waals surface area contributed by atoms with E-state index in [9.17, 15) is 18.8 Å². The topological polar surface area (TPSA) is 119 Å². The summed E-state index contributed by atoms with van der Waals surface area (Å²) in [5.74, 6) is -0.370. The van der Waals surface area contributed by atoms with Crippen molar-refractivity contribution in [2.75, 3.05) is 27.9 Å². The lowest BCUT2D eigenvalue weighted by atomic mass is 9.95. The fraction of sp³-hybridized carbons (Fsp3) is 0.387. The van der Waals surface area contributed by atoms with Gasteiger partial charge in [0.25, 0.3) is 0 Å². The van der Waals surface area contributed by atoms with Gasteiger partial charge in [-0.05, 0) is 54.7 Å². The SMILES string of the molecule is COc1cc(C2=C(c3cn(CCCOC(=O)C(N)CC(C)C)c4ccc(F)cc34)C(=O)CC2=O)cc(OC)c1OC. The van der Waals surface area contributed by atoms with Crippen LogP contribution in [0.5, 0.6) is 17.2 Å². The number of Topliss-reactive ketones (excluding diaryl/α,β-unsaturated/α-hetero) is 2. The molecule has 2 aromatic carbocycles. The quantitative estimate of drug-likeness (QED) is 0.193. The normalized spacial score (nSPS) is 14.2. The van der Waals surface area contributed by atoms with Gasteiger partial charge in [-0.2, -0.15) is 0 Å². The maximum Gasteiger partial charge on any atom is 0.322 e. The van der Waals surface area contributed by atoms with Gasteiger partial charge in [-0.15, -0.1) is 0 Å². The van der Waals surface area contributed by atoms with Gasteiger partial charge in [0, 0.05) is 40.4 Å². The highest BCUT2D eigenvalue weighted by Crippen LogP contribution is 2.44. The van der Waals surface area contributed by atoms with Crippen molar-refractivity contribution in [1.29, 1.82) is 0 Å². The molecule has 10 heteroatoms. The highest BCUT2D eigenvalue weighted by atomic mass is 19.1. The minimum absolute atomic E-state index is 0.150. The van der Waals surface area contributed by atoms with E-state index in [-0.39, 0.29) is 41.7 Å². The molecular weight excluding hydrogens is 531 g/mol. The van der Waals surface area contributed by atoms with E-state index in [0.717, 1.165) is 0 Å². The molecule has 1 atom stereocenters. The standard InChI is InChI=1S/C31H35FN2O7/c1-17(2)11-22(33)31(37)41-10-6-9-34-16-21(20-14-19(32)7-8-23(20)34)29-25(36)15-24(35)28(29)18-12-26(38-3)30(40-5)27(13-18)39-4/h7-8,12-14,16-17,22H,6,9-11,15,33H2,1-5H3. The maximum atomic E-state index is 14.5. The van der Waals surface area contributed by atoms with Crippen molar-refractivity contribution in [2.45, 2.75) is 45.7 Å². The first kappa shape index (κ1) is 29.8. The van der Waals surface area contributed by atoms with Gasteiger partial charge in [-0.25, -0.2) is 4.39 Å². The fourth-order valence-electron chi connectivity index (χ4n) is 5.19. The first-order chi connectivity index (χ1) is 19.6. The maximum absolute atomic E-state index is 14.5. The third-order valence-electron chi connectivity index (χ3n) is 7.01. The minimum atomic E-state index is -0.677. The van der Waals surface area contributed by atoms with E-state index in [2.05, 4.69) is 0 Å². The summed E-state index contributed by atoms with van der Waals surface area (Å²) in [7, 11) is 4.40. The predicted octanol–water partition coefficient (Wildman–Crippen LogP) is 4.57. The van der Waals surface area contributed by atoms with E-state index >= 15 is 0 Å². The second-order valence-electron chi connectivity index (χ2n) is 10.3. The average molecular weight is 567 g/mol. The number of aromatic nitrogens is 1. The molecule has 0 saturated heterocycles. The predicted molar refractivity (Wildman–Crippen MR) is 152 cm³/mol. The Morgan fingerprint density at radius 1 is 1.00 bits per heavy atom. The van der Waals surface area contributed by atoms with E-state index in [1.165, 1.54) is 33.5 Å². The summed E-state index contributed by atoms with van der Waals surface area (Å²) < 4.78 is 38.0. The Labute approximate surface area is 238 Å². The van der Waals surface area contributed by atoms with Gasteiger partial charge in [-0.3, -0.25) is 14.4 Å². The molecule has 0 aliphatic heterocycles. The van der Waals surface area contributed by atoms with E-state index in [0.29, 0.717) is 58.7 Å². The van der Waals surface area contributed by atoms with Crippen LogP contribution in [0.2, 0.25) is 0 Å². The third kappa shape index (κ3) is 6.12. The van der Waals surface area contributed by atoms with E-state index in [1.807, 2.05) is 18.4 Å². The molecule has 0 amide bonds. The smallest absolute Gasteiger partial charge is 0.322 e. The molecule has 4 rings (SSSR count). The van der Waals surface area contributed by atoms with Gasteiger partial charge in [-0.1, -0.05) is 13.8 Å². The molecule has 1 aromatic heterocycles. The van der Waals surface area contributed by atoms with Gasteiger partial charge < -0.3 is 29.2 Å². The number of benzene rings is 2. The number of fused-ring (bicyclic) bond motifs is 1. The summed E-state index contributed by atoms with van der Waals surface area (Å²) in [4.78, 5) is 38.7. The number of nitrogens with two attached hydrogens (primary N) is 1. The van der Waals surface area contributed by atoms with Gasteiger partial charge >= 0.3 is 5.97 Å². The molecule has 2 N–H and O–H groups in total. The van der Waals surface area contributed by atoms with E-state index < -0.39 is 17.8 Å². The first-order valence-electron chi connectivity index (χ1n) is 13.4. The molecule has 3 aromatic rings. The number of nitrogens with zero attached hydrogens (tertiary/aromatic N) is 1. The number of halogens is 1. The van der Waals surface area contributed by atoms with Crippen LogP contribution in [0.15, 0.2) is 36.5 Å². The minimum Gasteiger partial charge on any atom is -0.493 e. The molecule has 0 spiro atoms. The second kappa shape index (κ2) is 12.6. The number of aryl methyl sites for hydroxylation is 1. The van der Waals surface area contributed by atoms with Crippen molar-refractivity contribution in [3.8, 4) is 17.2 Å². The van der Waals surface area contributed by atoms with Crippen LogP contribution in [-0.2, 0) is 25.7 Å². The molecule has 41 heavy (non-hydrogen) atoms. The lowest BCUT2D eigenvalue weighted by molar-refractivity contribution is -0.145. The van der Waals surface area contributed by atoms with Crippen molar-refractivity contribution in [3.05, 3.63) is 53.5 Å². The van der Waals surface area contributed by atoms with Crippen LogP contribution in [0.4, 0.5) is 4.39 Å². The number of allylic oxidation sites excluding steroid dienone is 2. The van der Waals surface area contributed by atoms with Crippen LogP contribution >= 0.6 is 0 Å². The van der Waals surface area contributed by atoms with Crippen LogP contribution < -0.4 is 19.9 Å². The van der Waals surface area contributed by atoms with Crippen LogP contribution in [0.1, 0.15) is 44.2 Å². The van der Waals surface area contributed by atoms with Crippen molar-refractivity contribution in [1.82, 2.24) is 4.57 Å². The fourth-order valence-corrected chi connectivity index (χ4v) is 5.19. The number of carbonyl (C=O) groups excluding carboxylic acids is 3. The number of esters is 1. The van der Waals surface area contributed by atoms with E-state index in [1.54, 1.807) is 24.4 Å². The first-order valence-corrected chi connectivity index (χ1v) is 13.4. The monoisotopic (exact) mass is 566 g/mol. The number of carbonyl (C=O) groups is 3. The Morgan fingerprint density at radius 3 is 2.27 bits per heavy atom. The Hall–Kier alpha value is -4.18. The number of hydrogen-bond donors (Lipinski definition) is 1. The molecule has 218 valence electrons. The number of ether oxygens (including phenoxy) is 4. The summed E-state index contributed by atoms with van der Waals surface area (Å²) in [6.07, 6.45) is 2.43. The number of methoxy groups -OCH3 is 3. The molecule has 0 bridgehead atoms. The lowest BCUT2D eigenvalue weighted by Crippen LogP contribution is -2.33. The number of ketones is 2. The Morgan fingerprint density at radius 2 is 1.66 bits per heavy atom. The van der Waals surface area contributed by atoms with Crippen molar-refractivity contribution >= 4 is 39.6 Å². The zero-order chi connectivity index (χ0) is 29.8. The summed E-state index contributed by atoms with van der Waals surface area (Å²) in [6.45, 7) is 4.53. The van der Waals surface area contributed by atoms with Crippen LogP contribution in [0.3, 0.4) is 0 Å². The molecule has 1 aliphatic rings. The zero-order valence-corrected chi connectivity index (χ0v) is 23.9. The Kier molecular flexibility index (Phi) is 9.12. The van der Waals surface area contributed by atoms with Gasteiger partial charge in [0.1, 0.15) is 11.9 Å². The molecule has 0 fully saturated rings. The number of hydrogen-bond acceptors (Lipinski definition) is 8. The highest BCUT2D eigenvalue weighted by Gasteiger charge is 2.35. The molecule has 0 saturated carbocycles. The molecule has 0 radical (unpaired) electrons. The summed E-state index contributed by atoms with van der Waals surface area (Å²) >= 11 is 0. The van der Waals surface area contributed by atoms with Crippen LogP contribution in [0.25, 0.3) is 22.0 Å². The van der Waals surface area contributed by atoms with Crippen molar-refractivity contribution in [3.63, 3.8) is 0 Å². The summed E-state index contributed by atoms with van der Waals surface area (Å²) in [6, 6.07) is 6.87. The highest BCUT2D eigenvalue weighted by molar-refractivity contribution is 6.51.